The van der Waals surface area contributed by atoms with Crippen LogP contribution in [-0.4, -0.2) is 37.2 Å². The molecule has 1 atom stereocenters. The molecule has 6 nitrogen and oxygen atoms in total. The average Bonchev–Trinajstić information content (AvgIpc) is 3.34. The molecule has 382 valence electrons. The lowest BCUT2D eigenvalue weighted by atomic mass is 10.1. The minimum absolute atomic E-state index is 0.105. The van der Waals surface area contributed by atoms with Crippen LogP contribution in [0.4, 0.5) is 0 Å². The van der Waals surface area contributed by atoms with Crippen molar-refractivity contribution in [3.8, 4) is 0 Å². The van der Waals surface area contributed by atoms with Crippen molar-refractivity contribution < 1.29 is 28.6 Å². The van der Waals surface area contributed by atoms with Crippen molar-refractivity contribution in [3.63, 3.8) is 0 Å². The molecule has 0 fully saturated rings. The Morgan fingerprint density at radius 2 is 0.574 bits per heavy atom. The van der Waals surface area contributed by atoms with Crippen molar-refractivity contribution in [1.82, 2.24) is 0 Å². The van der Waals surface area contributed by atoms with Gasteiger partial charge < -0.3 is 14.2 Å². The summed E-state index contributed by atoms with van der Waals surface area (Å²) in [7, 11) is 0. The Kier molecular flexibility index (Phi) is 51.5. The van der Waals surface area contributed by atoms with Gasteiger partial charge in [0, 0.05) is 19.3 Å². The quantitative estimate of drug-likeness (QED) is 0.0262. The van der Waals surface area contributed by atoms with E-state index in [0.29, 0.717) is 19.3 Å². The largest absolute Gasteiger partial charge is 0.462 e. The van der Waals surface area contributed by atoms with Gasteiger partial charge in [0.05, 0.1) is 0 Å². The summed E-state index contributed by atoms with van der Waals surface area (Å²) < 4.78 is 16.7. The van der Waals surface area contributed by atoms with Gasteiger partial charge in [-0.15, -0.1) is 0 Å². The smallest absolute Gasteiger partial charge is 0.306 e. The van der Waals surface area contributed by atoms with Crippen LogP contribution >= 0.6 is 0 Å². The van der Waals surface area contributed by atoms with E-state index in [2.05, 4.69) is 154 Å². The molecule has 0 rings (SSSR count). The molecule has 0 aromatic carbocycles. The third kappa shape index (κ3) is 52.5. The molecular weight excluding hydrogens is 841 g/mol. The van der Waals surface area contributed by atoms with Gasteiger partial charge in [0.15, 0.2) is 6.10 Å². The van der Waals surface area contributed by atoms with Crippen LogP contribution in [0.1, 0.15) is 220 Å². The Balaban J connectivity index is 4.34. The first-order chi connectivity index (χ1) is 33.5. The first-order valence-corrected chi connectivity index (χ1v) is 27.2. The summed E-state index contributed by atoms with van der Waals surface area (Å²) in [4.78, 5) is 37.9. The molecule has 0 bridgehead atoms. The van der Waals surface area contributed by atoms with Crippen LogP contribution in [-0.2, 0) is 28.6 Å². The highest BCUT2D eigenvalue weighted by Crippen LogP contribution is 2.13. The van der Waals surface area contributed by atoms with Crippen LogP contribution < -0.4 is 0 Å². The van der Waals surface area contributed by atoms with Crippen molar-refractivity contribution in [1.29, 1.82) is 0 Å². The van der Waals surface area contributed by atoms with E-state index in [9.17, 15) is 14.4 Å². The van der Waals surface area contributed by atoms with E-state index in [-0.39, 0.29) is 37.5 Å². The first kappa shape index (κ1) is 63.5. The second kappa shape index (κ2) is 55.1. The van der Waals surface area contributed by atoms with Gasteiger partial charge in [0.1, 0.15) is 13.2 Å². The van der Waals surface area contributed by atoms with E-state index in [4.69, 9.17) is 14.2 Å². The Morgan fingerprint density at radius 1 is 0.309 bits per heavy atom. The molecule has 0 aliphatic carbocycles. The molecule has 0 aliphatic rings. The molecule has 0 N–H and O–H groups in total. The second-order valence-corrected chi connectivity index (χ2v) is 17.4. The van der Waals surface area contributed by atoms with Crippen LogP contribution in [0.5, 0.6) is 0 Å². The molecule has 0 aromatic heterocycles. The molecule has 0 amide bonds. The molecule has 0 spiro atoms. The van der Waals surface area contributed by atoms with Crippen LogP contribution in [0.25, 0.3) is 0 Å². The molecule has 68 heavy (non-hydrogen) atoms. The summed E-state index contributed by atoms with van der Waals surface area (Å²) in [6.45, 7) is 6.31. The minimum atomic E-state index is -0.810. The summed E-state index contributed by atoms with van der Waals surface area (Å²) >= 11 is 0. The third-order valence-corrected chi connectivity index (χ3v) is 10.9. The first-order valence-electron chi connectivity index (χ1n) is 27.2. The third-order valence-electron chi connectivity index (χ3n) is 10.9. The van der Waals surface area contributed by atoms with Crippen molar-refractivity contribution in [2.45, 2.75) is 226 Å². The van der Waals surface area contributed by atoms with Crippen molar-refractivity contribution >= 4 is 17.9 Å². The predicted octanol–water partition coefficient (Wildman–Crippen LogP) is 18.3. The lowest BCUT2D eigenvalue weighted by Crippen LogP contribution is -2.30. The van der Waals surface area contributed by atoms with E-state index in [1.165, 1.54) is 32.1 Å². The molecule has 0 heterocycles. The fourth-order valence-electron chi connectivity index (χ4n) is 6.88. The van der Waals surface area contributed by atoms with Crippen molar-refractivity contribution in [2.24, 2.45) is 0 Å². The number of carbonyl (C=O) groups excluding carboxylic acids is 3. The number of unbranched alkanes of at least 4 members (excludes halogenated alkanes) is 14. The van der Waals surface area contributed by atoms with E-state index >= 15 is 0 Å². The van der Waals surface area contributed by atoms with Gasteiger partial charge in [-0.2, -0.15) is 0 Å². The van der Waals surface area contributed by atoms with Gasteiger partial charge in [-0.1, -0.05) is 219 Å². The number of allylic oxidation sites excluding steroid dienone is 22. The summed E-state index contributed by atoms with van der Waals surface area (Å²) in [5.41, 5.74) is 0. The lowest BCUT2D eigenvalue weighted by molar-refractivity contribution is -0.167. The van der Waals surface area contributed by atoms with Gasteiger partial charge in [-0.25, -0.2) is 0 Å². The van der Waals surface area contributed by atoms with E-state index < -0.39 is 6.10 Å². The lowest BCUT2D eigenvalue weighted by Gasteiger charge is -2.18. The molecule has 0 saturated carbocycles. The number of hydrogen-bond donors (Lipinski definition) is 0. The van der Waals surface area contributed by atoms with Crippen LogP contribution in [0.2, 0.25) is 0 Å². The maximum atomic E-state index is 12.8. The normalized spacial score (nSPS) is 13.2. The molecular formula is C62H98O6. The number of esters is 3. The highest BCUT2D eigenvalue weighted by atomic mass is 16.6. The topological polar surface area (TPSA) is 78.9 Å². The van der Waals surface area contributed by atoms with E-state index in [1.54, 1.807) is 0 Å². The van der Waals surface area contributed by atoms with Crippen LogP contribution in [0, 0.1) is 0 Å². The van der Waals surface area contributed by atoms with Gasteiger partial charge in [0.2, 0.25) is 0 Å². The monoisotopic (exact) mass is 939 g/mol. The minimum Gasteiger partial charge on any atom is -0.462 e. The molecule has 0 saturated heterocycles. The maximum absolute atomic E-state index is 12.8. The molecule has 6 heteroatoms. The molecule has 0 aliphatic heterocycles. The average molecular weight is 939 g/mol. The number of hydrogen-bond acceptors (Lipinski definition) is 6. The summed E-state index contributed by atoms with van der Waals surface area (Å²) in [5, 5.41) is 0. The highest BCUT2D eigenvalue weighted by molar-refractivity contribution is 5.71. The summed E-state index contributed by atoms with van der Waals surface area (Å²) in [6.07, 6.45) is 77.4. The number of rotatable bonds is 47. The van der Waals surface area contributed by atoms with Crippen molar-refractivity contribution in [2.75, 3.05) is 13.2 Å². The zero-order valence-electron chi connectivity index (χ0n) is 43.6. The van der Waals surface area contributed by atoms with Gasteiger partial charge in [-0.05, 0) is 116 Å². The SMILES string of the molecule is CC/C=C\C/C=C\C/C=C\C/C=C\C/C=C\C/C=C\C/C=C\CCCCCCCC(=O)OCC(COC(=O)CCCCCCCCCC)OC(=O)CCCC/C=C\C/C=C\C/C=C\C/C=C\CC. The predicted molar refractivity (Wildman–Crippen MR) is 292 cm³/mol. The highest BCUT2D eigenvalue weighted by Gasteiger charge is 2.19. The molecule has 1 unspecified atom stereocenters. The fraction of sp³-hybridized carbons (Fsp3) is 0.597. The number of ether oxygens (including phenoxy) is 3. The summed E-state index contributed by atoms with van der Waals surface area (Å²) in [5.74, 6) is -0.980. The summed E-state index contributed by atoms with van der Waals surface area (Å²) in [6, 6.07) is 0. The number of carbonyl (C=O) groups is 3. The standard InChI is InChI=1S/C62H98O6/c1-4-7-10-13-16-19-21-23-25-26-27-28-29-30-31-32-33-34-35-36-38-39-41-43-46-49-52-55-61(64)67-58-59(57-66-60(63)54-51-48-45-18-15-12-9-6-3)68-62(65)56-53-50-47-44-42-40-37-24-22-20-17-14-11-8-5-2/h7-8,10-11,16-17,19-20,23-25,27-28,30-31,33-34,36-38,42,44,59H,4-6,9,12-15,18,21-22,26,29,32,35,39-41,43,45-58H2,1-3H3/b10-7-,11-8-,19-16-,20-17-,25-23-,28-27-,31-30-,34-33-,37-24-,38-36-,44-42-. The molecule has 0 radical (unpaired) electrons. The van der Waals surface area contributed by atoms with Gasteiger partial charge >= 0.3 is 17.9 Å². The van der Waals surface area contributed by atoms with Crippen LogP contribution in [0.3, 0.4) is 0 Å². The zero-order valence-corrected chi connectivity index (χ0v) is 43.6. The zero-order chi connectivity index (χ0) is 49.3. The van der Waals surface area contributed by atoms with Gasteiger partial charge in [0.25, 0.3) is 0 Å². The van der Waals surface area contributed by atoms with E-state index in [0.717, 1.165) is 141 Å². The van der Waals surface area contributed by atoms with E-state index in [1.807, 2.05) is 0 Å². The van der Waals surface area contributed by atoms with Crippen LogP contribution in [0.15, 0.2) is 134 Å². The maximum Gasteiger partial charge on any atom is 0.306 e. The Hall–Kier alpha value is -4.45. The Morgan fingerprint density at radius 3 is 0.926 bits per heavy atom. The van der Waals surface area contributed by atoms with Gasteiger partial charge in [-0.3, -0.25) is 14.4 Å². The van der Waals surface area contributed by atoms with Crippen molar-refractivity contribution in [3.05, 3.63) is 134 Å². The Labute approximate surface area is 417 Å². The Bertz CT molecular complexity index is 1500. The fourth-order valence-corrected chi connectivity index (χ4v) is 6.88. The second-order valence-electron chi connectivity index (χ2n) is 17.4. The molecule has 0 aromatic rings.